The van der Waals surface area contributed by atoms with Gasteiger partial charge in [0.25, 0.3) is 5.91 Å². The van der Waals surface area contributed by atoms with Crippen molar-refractivity contribution in [2.24, 2.45) is 7.05 Å². The summed E-state index contributed by atoms with van der Waals surface area (Å²) in [6.07, 6.45) is 2.42. The number of likely N-dealkylation sites (tertiary alicyclic amines) is 1. The fraction of sp³-hybridized carbons (Fsp3) is 0.500. The molecule has 0 spiro atoms. The van der Waals surface area contributed by atoms with Crippen molar-refractivity contribution in [3.05, 3.63) is 47.7 Å². The molecule has 1 aliphatic rings. The Labute approximate surface area is 159 Å². The van der Waals surface area contributed by atoms with Crippen molar-refractivity contribution in [2.45, 2.75) is 51.9 Å². The third kappa shape index (κ3) is 4.60. The van der Waals surface area contributed by atoms with Crippen LogP contribution in [0, 0.1) is 6.92 Å². The van der Waals surface area contributed by atoms with E-state index in [1.54, 1.807) is 10.6 Å². The largest absolute Gasteiger partial charge is 0.465 e. The Balaban J connectivity index is 1.70. The van der Waals surface area contributed by atoms with E-state index in [9.17, 15) is 9.59 Å². The number of nitrogens with zero attached hydrogens (tertiary/aromatic N) is 2. The second kappa shape index (κ2) is 8.00. The molecule has 2 amide bonds. The zero-order valence-electron chi connectivity index (χ0n) is 16.4. The molecule has 0 unspecified atom stereocenters. The van der Waals surface area contributed by atoms with Gasteiger partial charge in [-0.15, -0.1) is 0 Å². The number of carbonyl (C=O) groups excluding carboxylic acids is 2. The number of rotatable bonds is 6. The third-order valence-corrected chi connectivity index (χ3v) is 4.80. The summed E-state index contributed by atoms with van der Waals surface area (Å²) in [4.78, 5) is 27.3. The summed E-state index contributed by atoms with van der Waals surface area (Å²) in [5.74, 6) is 1.54. The van der Waals surface area contributed by atoms with Crippen LogP contribution in [0.3, 0.4) is 0 Å². The van der Waals surface area contributed by atoms with Crippen LogP contribution in [-0.2, 0) is 18.4 Å². The van der Waals surface area contributed by atoms with Crippen LogP contribution >= 0.6 is 0 Å². The molecule has 1 saturated heterocycles. The minimum atomic E-state index is -0.295. The van der Waals surface area contributed by atoms with Crippen LogP contribution in [0.15, 0.2) is 34.9 Å². The van der Waals surface area contributed by atoms with Gasteiger partial charge in [0.2, 0.25) is 5.91 Å². The molecule has 1 aliphatic heterocycles. The van der Waals surface area contributed by atoms with Crippen molar-refractivity contribution in [3.8, 4) is 0 Å². The monoisotopic (exact) mass is 372 g/mol. The Morgan fingerprint density at radius 1 is 1.30 bits per heavy atom. The molecule has 3 heterocycles. The third-order valence-electron chi connectivity index (χ3n) is 4.80. The average Bonchev–Trinajstić information content (AvgIpc) is 3.28. The Kier molecular flexibility index (Phi) is 5.70. The lowest BCUT2D eigenvalue weighted by atomic mass is 10.1. The number of aromatic nitrogens is 1. The zero-order chi connectivity index (χ0) is 19.6. The number of hydrogen-bond acceptors (Lipinski definition) is 4. The number of hydrogen-bond donors (Lipinski definition) is 2. The minimum Gasteiger partial charge on any atom is -0.465 e. The maximum Gasteiger partial charge on any atom is 0.268 e. The van der Waals surface area contributed by atoms with E-state index in [-0.39, 0.29) is 29.9 Å². The van der Waals surface area contributed by atoms with Gasteiger partial charge in [-0.2, -0.15) is 0 Å². The highest BCUT2D eigenvalue weighted by Crippen LogP contribution is 2.22. The Hall–Kier alpha value is -2.54. The lowest BCUT2D eigenvalue weighted by molar-refractivity contribution is -0.126. The molecule has 0 bridgehead atoms. The predicted octanol–water partition coefficient (Wildman–Crippen LogP) is 1.82. The van der Waals surface area contributed by atoms with E-state index in [1.165, 1.54) is 0 Å². The Bertz CT molecular complexity index is 808. The van der Waals surface area contributed by atoms with E-state index in [0.717, 1.165) is 11.5 Å². The molecule has 1 fully saturated rings. The molecule has 0 radical (unpaired) electrons. The summed E-state index contributed by atoms with van der Waals surface area (Å²) in [6.45, 7) is 6.94. The normalized spacial score (nSPS) is 20.2. The quantitative estimate of drug-likeness (QED) is 0.811. The number of nitrogens with one attached hydrogen (secondary N) is 2. The van der Waals surface area contributed by atoms with Gasteiger partial charge < -0.3 is 19.6 Å². The molecule has 2 N–H and O–H groups in total. The first-order valence-corrected chi connectivity index (χ1v) is 9.35. The van der Waals surface area contributed by atoms with Crippen molar-refractivity contribution < 1.29 is 14.0 Å². The zero-order valence-corrected chi connectivity index (χ0v) is 16.4. The summed E-state index contributed by atoms with van der Waals surface area (Å²) in [5.41, 5.74) is 0.610. The van der Waals surface area contributed by atoms with Crippen LogP contribution in [0.5, 0.6) is 0 Å². The van der Waals surface area contributed by atoms with Crippen LogP contribution in [0.4, 0.5) is 0 Å². The first kappa shape index (κ1) is 19.2. The summed E-state index contributed by atoms with van der Waals surface area (Å²) < 4.78 is 7.47. The highest BCUT2D eigenvalue weighted by atomic mass is 16.3. The lowest BCUT2D eigenvalue weighted by Gasteiger charge is -2.23. The van der Waals surface area contributed by atoms with E-state index in [4.69, 9.17) is 4.42 Å². The van der Waals surface area contributed by atoms with Gasteiger partial charge in [0.15, 0.2) is 0 Å². The van der Waals surface area contributed by atoms with Crippen LogP contribution in [0.25, 0.3) is 0 Å². The summed E-state index contributed by atoms with van der Waals surface area (Å²) in [6, 6.07) is 7.17. The Morgan fingerprint density at radius 2 is 2.07 bits per heavy atom. The molecule has 0 saturated carbocycles. The van der Waals surface area contributed by atoms with E-state index < -0.39 is 0 Å². The first-order chi connectivity index (χ1) is 12.8. The Morgan fingerprint density at radius 3 is 2.67 bits per heavy atom. The first-order valence-electron chi connectivity index (χ1n) is 9.35. The molecule has 146 valence electrons. The number of furan rings is 1. The van der Waals surface area contributed by atoms with Crippen LogP contribution < -0.4 is 10.6 Å². The number of aryl methyl sites for hydroxylation is 2. The molecule has 2 aromatic rings. The van der Waals surface area contributed by atoms with Crippen molar-refractivity contribution in [2.75, 3.05) is 6.54 Å². The molecule has 7 nitrogen and oxygen atoms in total. The van der Waals surface area contributed by atoms with Gasteiger partial charge >= 0.3 is 0 Å². The summed E-state index contributed by atoms with van der Waals surface area (Å²) >= 11 is 0. The molecule has 3 rings (SSSR count). The predicted molar refractivity (Wildman–Crippen MR) is 102 cm³/mol. The standard InChI is InChI=1S/C20H28N4O3/c1-13(2)21-20(26)18-10-15(22-19(25)17-6-5-9-23(17)4)11-24(18)12-16-8-7-14(3)27-16/h5-9,13,15,18H,10-12H2,1-4H3,(H,21,26)(H,22,25)/t15-,18+/m1/s1. The second-order valence-electron chi connectivity index (χ2n) is 7.53. The average molecular weight is 372 g/mol. The molecule has 0 aliphatic carbocycles. The molecule has 2 aromatic heterocycles. The van der Waals surface area contributed by atoms with E-state index in [1.807, 2.05) is 52.2 Å². The molecule has 27 heavy (non-hydrogen) atoms. The number of carbonyl (C=O) groups is 2. The topological polar surface area (TPSA) is 79.5 Å². The van der Waals surface area contributed by atoms with E-state index in [2.05, 4.69) is 15.5 Å². The fourth-order valence-corrected chi connectivity index (χ4v) is 3.56. The second-order valence-corrected chi connectivity index (χ2v) is 7.53. The summed E-state index contributed by atoms with van der Waals surface area (Å²) in [5, 5.41) is 6.06. The number of amides is 2. The molecule has 0 aromatic carbocycles. The highest BCUT2D eigenvalue weighted by molar-refractivity contribution is 5.93. The van der Waals surface area contributed by atoms with Gasteiger partial charge in [-0.25, -0.2) is 0 Å². The van der Waals surface area contributed by atoms with Gasteiger partial charge in [0, 0.05) is 31.9 Å². The lowest BCUT2D eigenvalue weighted by Crippen LogP contribution is -2.45. The van der Waals surface area contributed by atoms with Gasteiger partial charge in [0.1, 0.15) is 17.2 Å². The van der Waals surface area contributed by atoms with Gasteiger partial charge in [-0.05, 0) is 51.5 Å². The van der Waals surface area contributed by atoms with E-state index in [0.29, 0.717) is 25.2 Å². The summed E-state index contributed by atoms with van der Waals surface area (Å²) in [7, 11) is 1.84. The minimum absolute atomic E-state index is 0.0103. The maximum atomic E-state index is 12.7. The van der Waals surface area contributed by atoms with Crippen molar-refractivity contribution in [1.29, 1.82) is 0 Å². The van der Waals surface area contributed by atoms with Gasteiger partial charge in [-0.1, -0.05) is 0 Å². The molecule has 2 atom stereocenters. The fourth-order valence-electron chi connectivity index (χ4n) is 3.56. The van der Waals surface area contributed by atoms with Crippen LogP contribution in [0.1, 0.15) is 42.3 Å². The van der Waals surface area contributed by atoms with Crippen molar-refractivity contribution in [1.82, 2.24) is 20.1 Å². The van der Waals surface area contributed by atoms with Crippen LogP contribution in [0.2, 0.25) is 0 Å². The van der Waals surface area contributed by atoms with Gasteiger partial charge in [0.05, 0.1) is 12.6 Å². The molecule has 7 heteroatoms. The maximum absolute atomic E-state index is 12.7. The SMILES string of the molecule is Cc1ccc(CN2C[C@H](NC(=O)c3cccn3C)C[C@H]2C(=O)NC(C)C)o1. The molecular weight excluding hydrogens is 344 g/mol. The molecular formula is C20H28N4O3. The highest BCUT2D eigenvalue weighted by Gasteiger charge is 2.38. The smallest absolute Gasteiger partial charge is 0.268 e. The van der Waals surface area contributed by atoms with Crippen molar-refractivity contribution in [3.63, 3.8) is 0 Å². The van der Waals surface area contributed by atoms with E-state index >= 15 is 0 Å². The van der Waals surface area contributed by atoms with Crippen LogP contribution in [-0.4, -0.2) is 46.0 Å². The van der Waals surface area contributed by atoms with Crippen molar-refractivity contribution >= 4 is 11.8 Å². The van der Waals surface area contributed by atoms with Gasteiger partial charge in [-0.3, -0.25) is 14.5 Å².